The van der Waals surface area contributed by atoms with Crippen molar-refractivity contribution in [3.8, 4) is 0 Å². The molecule has 0 heterocycles. The number of fused-ring (bicyclic) bond motifs is 1. The third-order valence-electron chi connectivity index (χ3n) is 3.79. The predicted molar refractivity (Wildman–Crippen MR) is 90.5 cm³/mol. The topological polar surface area (TPSA) is 0 Å². The first-order chi connectivity index (χ1) is 9.36. The molecule has 0 N–H and O–H groups in total. The highest BCUT2D eigenvalue weighted by Gasteiger charge is 2.10. The number of aryl methyl sites for hydroxylation is 2. The van der Waals surface area contributed by atoms with Gasteiger partial charge in [0.2, 0.25) is 0 Å². The van der Waals surface area contributed by atoms with Crippen LogP contribution in [-0.4, -0.2) is 0 Å². The third-order valence-corrected chi connectivity index (χ3v) is 3.79. The van der Waals surface area contributed by atoms with Crippen LogP contribution < -0.4 is 0 Å². The Bertz CT molecular complexity index is 548. The van der Waals surface area contributed by atoms with Crippen LogP contribution in [-0.2, 0) is 12.8 Å². The van der Waals surface area contributed by atoms with Gasteiger partial charge in [0.15, 0.2) is 0 Å². The van der Waals surface area contributed by atoms with E-state index in [2.05, 4.69) is 65.8 Å². The maximum Gasteiger partial charge on any atom is -0.0146 e. The van der Waals surface area contributed by atoms with Gasteiger partial charge in [-0.3, -0.25) is 0 Å². The quantitative estimate of drug-likeness (QED) is 0.652. The van der Waals surface area contributed by atoms with Gasteiger partial charge in [-0.05, 0) is 60.4 Å². The third kappa shape index (κ3) is 3.42. The maximum atomic E-state index is 2.38. The molecule has 0 spiro atoms. The Balaban J connectivity index is 2.67. The van der Waals surface area contributed by atoms with Crippen LogP contribution in [0.2, 0.25) is 0 Å². The maximum absolute atomic E-state index is 2.38. The molecule has 2 aromatic carbocycles. The second-order valence-corrected chi connectivity index (χ2v) is 7.14. The molecule has 108 valence electrons. The molecule has 0 nitrogen and oxygen atoms in total. The summed E-state index contributed by atoms with van der Waals surface area (Å²) in [6, 6.07) is 9.49. The lowest BCUT2D eigenvalue weighted by atomic mass is 9.89. The van der Waals surface area contributed by atoms with E-state index in [9.17, 15) is 0 Å². The first-order valence-corrected chi connectivity index (χ1v) is 7.89. The van der Waals surface area contributed by atoms with Crippen molar-refractivity contribution in [2.24, 2.45) is 11.8 Å². The normalized spacial score (nSPS) is 11.8. The molecule has 20 heavy (non-hydrogen) atoms. The fourth-order valence-corrected chi connectivity index (χ4v) is 3.15. The summed E-state index contributed by atoms with van der Waals surface area (Å²) in [5, 5.41) is 2.94. The lowest BCUT2D eigenvalue weighted by Crippen LogP contribution is -2.00. The van der Waals surface area contributed by atoms with Crippen molar-refractivity contribution in [2.45, 2.75) is 54.4 Å². The van der Waals surface area contributed by atoms with Crippen LogP contribution in [0, 0.1) is 25.7 Å². The van der Waals surface area contributed by atoms with Gasteiger partial charge in [0.05, 0.1) is 0 Å². The molecule has 0 aromatic heterocycles. The summed E-state index contributed by atoms with van der Waals surface area (Å²) >= 11 is 0. The molecule has 0 aliphatic rings. The summed E-state index contributed by atoms with van der Waals surface area (Å²) in [5.41, 5.74) is 5.82. The average molecular weight is 268 g/mol. The van der Waals surface area contributed by atoms with Crippen molar-refractivity contribution < 1.29 is 0 Å². The second kappa shape index (κ2) is 5.99. The largest absolute Gasteiger partial charge is 0.0625 e. The molecule has 0 bridgehead atoms. The molecule has 0 saturated carbocycles. The van der Waals surface area contributed by atoms with Crippen molar-refractivity contribution in [2.75, 3.05) is 0 Å². The van der Waals surface area contributed by atoms with Gasteiger partial charge in [0.25, 0.3) is 0 Å². The Hall–Kier alpha value is -1.30. The molecular weight excluding hydrogens is 240 g/mol. The van der Waals surface area contributed by atoms with Gasteiger partial charge in [-0.15, -0.1) is 0 Å². The number of rotatable bonds is 4. The van der Waals surface area contributed by atoms with E-state index in [4.69, 9.17) is 0 Å². The summed E-state index contributed by atoms with van der Waals surface area (Å²) in [6.07, 6.45) is 2.34. The van der Waals surface area contributed by atoms with Crippen LogP contribution in [0.1, 0.15) is 49.9 Å². The van der Waals surface area contributed by atoms with Crippen LogP contribution in [0.4, 0.5) is 0 Å². The first kappa shape index (κ1) is 15.1. The van der Waals surface area contributed by atoms with E-state index in [1.165, 1.54) is 45.9 Å². The molecule has 0 aliphatic carbocycles. The Morgan fingerprint density at radius 1 is 0.650 bits per heavy atom. The van der Waals surface area contributed by atoms with Gasteiger partial charge in [-0.2, -0.15) is 0 Å². The molecule has 0 unspecified atom stereocenters. The molecule has 0 atom stereocenters. The van der Waals surface area contributed by atoms with Gasteiger partial charge < -0.3 is 0 Å². The van der Waals surface area contributed by atoms with Crippen molar-refractivity contribution >= 4 is 10.8 Å². The van der Waals surface area contributed by atoms with Gasteiger partial charge in [-0.25, -0.2) is 0 Å². The minimum Gasteiger partial charge on any atom is -0.0625 e. The monoisotopic (exact) mass is 268 g/mol. The van der Waals surface area contributed by atoms with Crippen LogP contribution in [0.15, 0.2) is 24.3 Å². The van der Waals surface area contributed by atoms with Gasteiger partial charge in [0, 0.05) is 0 Å². The lowest BCUT2D eigenvalue weighted by molar-refractivity contribution is 0.647. The molecule has 2 aromatic rings. The smallest absolute Gasteiger partial charge is 0.0146 e. The van der Waals surface area contributed by atoms with Gasteiger partial charge in [0.1, 0.15) is 0 Å². The standard InChI is InChI=1S/C20H28/c1-13(2)7-17-9-15(5)12-20-18(8-14(3)4)10-16(6)11-19(17)20/h9-14H,7-8H2,1-6H3. The molecule has 0 amide bonds. The lowest BCUT2D eigenvalue weighted by Gasteiger charge is -2.16. The molecule has 0 fully saturated rings. The van der Waals surface area contributed by atoms with Crippen LogP contribution >= 0.6 is 0 Å². The summed E-state index contributed by atoms with van der Waals surface area (Å²) in [6.45, 7) is 13.7. The zero-order chi connectivity index (χ0) is 14.9. The molecule has 0 aliphatic heterocycles. The molecule has 0 heteroatoms. The molecule has 2 rings (SSSR count). The Kier molecular flexibility index (Phi) is 4.52. The minimum absolute atomic E-state index is 0.703. The average Bonchev–Trinajstić information content (AvgIpc) is 2.29. The van der Waals surface area contributed by atoms with Crippen molar-refractivity contribution in [1.82, 2.24) is 0 Å². The highest BCUT2D eigenvalue weighted by Crippen LogP contribution is 2.29. The van der Waals surface area contributed by atoms with Crippen molar-refractivity contribution in [3.63, 3.8) is 0 Å². The summed E-state index contributed by atoms with van der Waals surface area (Å²) < 4.78 is 0. The van der Waals surface area contributed by atoms with Crippen LogP contribution in [0.5, 0.6) is 0 Å². The van der Waals surface area contributed by atoms with E-state index < -0.39 is 0 Å². The van der Waals surface area contributed by atoms with Crippen molar-refractivity contribution in [3.05, 3.63) is 46.5 Å². The fraction of sp³-hybridized carbons (Fsp3) is 0.500. The Morgan fingerprint density at radius 2 is 1.00 bits per heavy atom. The van der Waals surface area contributed by atoms with Gasteiger partial charge >= 0.3 is 0 Å². The molecule has 0 radical (unpaired) electrons. The van der Waals surface area contributed by atoms with E-state index in [0.717, 1.165) is 0 Å². The zero-order valence-corrected chi connectivity index (χ0v) is 13.9. The number of hydrogen-bond acceptors (Lipinski definition) is 0. The minimum atomic E-state index is 0.703. The molecule has 0 saturated heterocycles. The summed E-state index contributed by atoms with van der Waals surface area (Å²) in [5.74, 6) is 1.41. The predicted octanol–water partition coefficient (Wildman–Crippen LogP) is 5.85. The van der Waals surface area contributed by atoms with E-state index in [1.54, 1.807) is 0 Å². The SMILES string of the molecule is Cc1cc(CC(C)C)c2cc(C)cc(CC(C)C)c2c1. The highest BCUT2D eigenvalue weighted by molar-refractivity contribution is 5.90. The summed E-state index contributed by atoms with van der Waals surface area (Å²) in [7, 11) is 0. The van der Waals surface area contributed by atoms with E-state index in [0.29, 0.717) is 11.8 Å². The highest BCUT2D eigenvalue weighted by atomic mass is 14.1. The Morgan fingerprint density at radius 3 is 1.30 bits per heavy atom. The van der Waals surface area contributed by atoms with Crippen LogP contribution in [0.25, 0.3) is 10.8 Å². The summed E-state index contributed by atoms with van der Waals surface area (Å²) in [4.78, 5) is 0. The van der Waals surface area contributed by atoms with E-state index in [-0.39, 0.29) is 0 Å². The fourth-order valence-electron chi connectivity index (χ4n) is 3.15. The van der Waals surface area contributed by atoms with E-state index >= 15 is 0 Å². The van der Waals surface area contributed by atoms with Crippen molar-refractivity contribution in [1.29, 1.82) is 0 Å². The van der Waals surface area contributed by atoms with Crippen LogP contribution in [0.3, 0.4) is 0 Å². The number of benzene rings is 2. The second-order valence-electron chi connectivity index (χ2n) is 7.14. The van der Waals surface area contributed by atoms with Gasteiger partial charge in [-0.1, -0.05) is 63.1 Å². The first-order valence-electron chi connectivity index (χ1n) is 7.89. The number of hydrogen-bond donors (Lipinski definition) is 0. The Labute approximate surface area is 124 Å². The van der Waals surface area contributed by atoms with E-state index in [1.807, 2.05) is 0 Å². The molecular formula is C20H28. The zero-order valence-electron chi connectivity index (χ0n) is 13.9.